The van der Waals surface area contributed by atoms with E-state index in [0.29, 0.717) is 26.2 Å². The fourth-order valence-corrected chi connectivity index (χ4v) is 3.09. The molecule has 16 heavy (non-hydrogen) atoms. The van der Waals surface area contributed by atoms with Crippen molar-refractivity contribution in [2.45, 2.75) is 4.90 Å². The highest BCUT2D eigenvalue weighted by atomic mass is 32.2. The Bertz CT molecular complexity index is 469. The van der Waals surface area contributed by atoms with Gasteiger partial charge in [-0.05, 0) is 18.2 Å². The minimum absolute atomic E-state index is 0.295. The Morgan fingerprint density at radius 1 is 1.38 bits per heavy atom. The lowest BCUT2D eigenvalue weighted by molar-refractivity contribution is 0.358. The molecule has 1 radical (unpaired) electrons. The third-order valence-corrected chi connectivity index (χ3v) is 4.38. The maximum atomic E-state index is 13.4. The molecule has 0 atom stereocenters. The van der Waals surface area contributed by atoms with Crippen LogP contribution in [-0.4, -0.2) is 38.9 Å². The van der Waals surface area contributed by atoms with Crippen LogP contribution in [0.15, 0.2) is 23.1 Å². The van der Waals surface area contributed by atoms with Crippen molar-refractivity contribution in [1.29, 1.82) is 0 Å². The molecule has 1 aromatic rings. The Balaban J connectivity index is 2.35. The SMILES string of the molecule is O=S(=O)(c1c[c]ccc1F)N1CCNCC1. The molecular formula is C10H12FN2O2S. The molecule has 0 amide bonds. The van der Waals surface area contributed by atoms with E-state index in [1.54, 1.807) is 0 Å². The third-order valence-electron chi connectivity index (χ3n) is 2.47. The number of sulfonamides is 1. The highest BCUT2D eigenvalue weighted by Gasteiger charge is 2.27. The topological polar surface area (TPSA) is 49.4 Å². The van der Waals surface area contributed by atoms with Gasteiger partial charge in [0.1, 0.15) is 10.7 Å². The van der Waals surface area contributed by atoms with Gasteiger partial charge in [-0.25, -0.2) is 12.8 Å². The average Bonchev–Trinajstić information content (AvgIpc) is 2.30. The normalized spacial score (nSPS) is 18.6. The molecule has 0 aromatic heterocycles. The van der Waals surface area contributed by atoms with Crippen LogP contribution in [0.25, 0.3) is 0 Å². The minimum atomic E-state index is -3.71. The van der Waals surface area contributed by atoms with Crippen molar-refractivity contribution in [3.63, 3.8) is 0 Å². The Hall–Kier alpha value is -0.980. The zero-order valence-electron chi connectivity index (χ0n) is 8.61. The van der Waals surface area contributed by atoms with Crippen LogP contribution in [0.5, 0.6) is 0 Å². The summed E-state index contributed by atoms with van der Waals surface area (Å²) in [6, 6.07) is 6.22. The van der Waals surface area contributed by atoms with E-state index in [-0.39, 0.29) is 4.90 Å². The van der Waals surface area contributed by atoms with E-state index in [0.717, 1.165) is 6.07 Å². The van der Waals surface area contributed by atoms with Gasteiger partial charge in [-0.3, -0.25) is 0 Å². The van der Waals surface area contributed by atoms with Crippen molar-refractivity contribution in [2.75, 3.05) is 26.2 Å². The van der Waals surface area contributed by atoms with Gasteiger partial charge in [0.25, 0.3) is 0 Å². The molecule has 1 fully saturated rings. The van der Waals surface area contributed by atoms with Crippen LogP contribution >= 0.6 is 0 Å². The smallest absolute Gasteiger partial charge is 0.246 e. The molecule has 0 saturated carbocycles. The number of hydrogen-bond donors (Lipinski definition) is 1. The maximum Gasteiger partial charge on any atom is 0.246 e. The molecule has 87 valence electrons. The lowest BCUT2D eigenvalue weighted by Gasteiger charge is -2.26. The van der Waals surface area contributed by atoms with Gasteiger partial charge in [0.15, 0.2) is 0 Å². The first-order valence-electron chi connectivity index (χ1n) is 4.99. The molecule has 1 aromatic carbocycles. The number of nitrogens with zero attached hydrogens (tertiary/aromatic N) is 1. The number of benzene rings is 1. The second kappa shape index (κ2) is 4.48. The van der Waals surface area contributed by atoms with Gasteiger partial charge >= 0.3 is 0 Å². The third kappa shape index (κ3) is 2.09. The maximum absolute atomic E-state index is 13.4. The van der Waals surface area contributed by atoms with Crippen molar-refractivity contribution in [3.05, 3.63) is 30.1 Å². The molecular weight excluding hydrogens is 231 g/mol. The first kappa shape index (κ1) is 11.5. The van der Waals surface area contributed by atoms with E-state index < -0.39 is 15.8 Å². The van der Waals surface area contributed by atoms with Gasteiger partial charge in [-0.1, -0.05) is 6.07 Å². The number of nitrogens with one attached hydrogen (secondary N) is 1. The van der Waals surface area contributed by atoms with Crippen molar-refractivity contribution in [3.8, 4) is 0 Å². The van der Waals surface area contributed by atoms with E-state index in [9.17, 15) is 12.8 Å². The Morgan fingerprint density at radius 3 is 2.69 bits per heavy atom. The summed E-state index contributed by atoms with van der Waals surface area (Å²) in [5.41, 5.74) is 0. The van der Waals surface area contributed by atoms with Crippen LogP contribution in [0, 0.1) is 11.9 Å². The monoisotopic (exact) mass is 243 g/mol. The van der Waals surface area contributed by atoms with Gasteiger partial charge in [-0.15, -0.1) is 0 Å². The van der Waals surface area contributed by atoms with Crippen molar-refractivity contribution >= 4 is 10.0 Å². The van der Waals surface area contributed by atoms with Gasteiger partial charge in [0.05, 0.1) is 0 Å². The van der Waals surface area contributed by atoms with Gasteiger partial charge in [0.2, 0.25) is 10.0 Å². The standard InChI is InChI=1S/C10H12FN2O2S/c11-9-3-1-2-4-10(9)16(14,15)13-7-5-12-6-8-13/h1,3-4,12H,5-8H2. The van der Waals surface area contributed by atoms with E-state index >= 15 is 0 Å². The van der Waals surface area contributed by atoms with Gasteiger partial charge in [0, 0.05) is 26.2 Å². The Morgan fingerprint density at radius 2 is 2.06 bits per heavy atom. The molecule has 1 saturated heterocycles. The Kier molecular flexibility index (Phi) is 3.22. The predicted molar refractivity (Wildman–Crippen MR) is 56.9 cm³/mol. The first-order chi connectivity index (χ1) is 7.62. The molecule has 1 aliphatic heterocycles. The highest BCUT2D eigenvalue weighted by molar-refractivity contribution is 7.89. The zero-order valence-corrected chi connectivity index (χ0v) is 9.43. The predicted octanol–water partition coefficient (Wildman–Crippen LogP) is 0.220. The van der Waals surface area contributed by atoms with Crippen LogP contribution in [0.4, 0.5) is 4.39 Å². The molecule has 0 spiro atoms. The molecule has 1 aliphatic rings. The van der Waals surface area contributed by atoms with Crippen molar-refractivity contribution < 1.29 is 12.8 Å². The number of piperazine rings is 1. The van der Waals surface area contributed by atoms with Crippen LogP contribution in [0.3, 0.4) is 0 Å². The number of hydrogen-bond acceptors (Lipinski definition) is 3. The van der Waals surface area contributed by atoms with E-state index in [2.05, 4.69) is 11.4 Å². The van der Waals surface area contributed by atoms with Crippen LogP contribution in [0.1, 0.15) is 0 Å². The molecule has 6 heteroatoms. The first-order valence-corrected chi connectivity index (χ1v) is 6.43. The summed E-state index contributed by atoms with van der Waals surface area (Å²) < 4.78 is 38.8. The largest absolute Gasteiger partial charge is 0.314 e. The average molecular weight is 243 g/mol. The molecule has 0 aliphatic carbocycles. The van der Waals surface area contributed by atoms with E-state index in [1.807, 2.05) is 0 Å². The van der Waals surface area contributed by atoms with Gasteiger partial charge < -0.3 is 5.32 Å². The summed E-state index contributed by atoms with van der Waals surface area (Å²) in [4.78, 5) is -0.295. The fraction of sp³-hybridized carbons (Fsp3) is 0.400. The lowest BCUT2D eigenvalue weighted by Crippen LogP contribution is -2.46. The highest BCUT2D eigenvalue weighted by Crippen LogP contribution is 2.18. The quantitative estimate of drug-likeness (QED) is 0.808. The fourth-order valence-electron chi connectivity index (χ4n) is 1.62. The number of halogens is 1. The molecule has 2 rings (SSSR count). The molecule has 0 unspecified atom stereocenters. The summed E-state index contributed by atoms with van der Waals surface area (Å²) in [6.07, 6.45) is 0. The molecule has 1 N–H and O–H groups in total. The zero-order chi connectivity index (χ0) is 11.6. The summed E-state index contributed by atoms with van der Waals surface area (Å²) in [6.45, 7) is 1.93. The molecule has 4 nitrogen and oxygen atoms in total. The summed E-state index contributed by atoms with van der Waals surface area (Å²) in [5.74, 6) is -0.725. The summed E-state index contributed by atoms with van der Waals surface area (Å²) in [5, 5.41) is 3.05. The van der Waals surface area contributed by atoms with Crippen LogP contribution < -0.4 is 5.32 Å². The van der Waals surface area contributed by atoms with Crippen LogP contribution in [0.2, 0.25) is 0 Å². The van der Waals surface area contributed by atoms with Gasteiger partial charge in [-0.2, -0.15) is 4.31 Å². The van der Waals surface area contributed by atoms with E-state index in [4.69, 9.17) is 0 Å². The minimum Gasteiger partial charge on any atom is -0.314 e. The second-order valence-corrected chi connectivity index (χ2v) is 5.42. The summed E-state index contributed by atoms with van der Waals surface area (Å²) in [7, 11) is -3.71. The molecule has 1 heterocycles. The van der Waals surface area contributed by atoms with Crippen molar-refractivity contribution in [1.82, 2.24) is 9.62 Å². The van der Waals surface area contributed by atoms with Crippen LogP contribution in [-0.2, 0) is 10.0 Å². The van der Waals surface area contributed by atoms with Crippen molar-refractivity contribution in [2.24, 2.45) is 0 Å². The number of rotatable bonds is 2. The summed E-state index contributed by atoms with van der Waals surface area (Å²) >= 11 is 0. The van der Waals surface area contributed by atoms with E-state index in [1.165, 1.54) is 16.4 Å². The lowest BCUT2D eigenvalue weighted by atomic mass is 10.3. The Labute approximate surface area is 94.1 Å². The molecule has 0 bridgehead atoms. The second-order valence-electron chi connectivity index (χ2n) is 3.51.